The molecule has 0 unspecified atom stereocenters. The first-order valence-corrected chi connectivity index (χ1v) is 15.8. The Bertz CT molecular complexity index is 522. The third-order valence-corrected chi connectivity index (χ3v) is 5.85. The molecule has 1 aliphatic rings. The zero-order chi connectivity index (χ0) is 30.6. The van der Waals surface area contributed by atoms with Crippen LogP contribution >= 0.6 is 0 Å². The number of hydrogen-bond acceptors (Lipinski definition) is 14. The molecule has 258 valence electrons. The van der Waals surface area contributed by atoms with Gasteiger partial charge in [-0.1, -0.05) is 0 Å². The lowest BCUT2D eigenvalue weighted by Gasteiger charge is -2.22. The maximum atomic E-state index is 5.79. The predicted octanol–water partition coefficient (Wildman–Crippen LogP) is -0.104. The van der Waals surface area contributed by atoms with Crippen molar-refractivity contribution in [1.82, 2.24) is 5.32 Å². The lowest BCUT2D eigenvalue weighted by atomic mass is 10.1. The molecule has 0 amide bonds. The van der Waals surface area contributed by atoms with Gasteiger partial charge in [0.2, 0.25) is 0 Å². The van der Waals surface area contributed by atoms with E-state index in [1.54, 1.807) is 0 Å². The third-order valence-electron chi connectivity index (χ3n) is 5.85. The molecule has 1 saturated heterocycles. The molecule has 0 atom stereocenters. The van der Waals surface area contributed by atoms with Gasteiger partial charge < -0.3 is 67.9 Å². The molecule has 1 rings (SSSR count). The summed E-state index contributed by atoms with van der Waals surface area (Å²) in [5, 5.41) is 3.33. The van der Waals surface area contributed by atoms with Gasteiger partial charge in [0.05, 0.1) is 158 Å². The molecule has 0 bridgehead atoms. The van der Waals surface area contributed by atoms with Gasteiger partial charge in [0.25, 0.3) is 0 Å². The fourth-order valence-corrected chi connectivity index (χ4v) is 3.62. The Hall–Kier alpha value is -0.560. The first-order valence-electron chi connectivity index (χ1n) is 15.8. The fourth-order valence-electron chi connectivity index (χ4n) is 3.62. The minimum absolute atomic E-state index is 0.373. The highest BCUT2D eigenvalue weighted by atomic mass is 16.6. The number of hydrogen-bond donors (Lipinski definition) is 2. The number of rotatable bonds is 36. The van der Waals surface area contributed by atoms with Crippen LogP contribution in [0.25, 0.3) is 0 Å². The second-order valence-electron chi connectivity index (χ2n) is 9.34. The maximum Gasteiger partial charge on any atom is 0.0704 e. The molecule has 1 fully saturated rings. The van der Waals surface area contributed by atoms with Gasteiger partial charge in [0, 0.05) is 6.54 Å². The quantitative estimate of drug-likeness (QED) is 0.0889. The standard InChI is InChI=1S/C29H60N2O12/c30-3-6-32-7-8-33-9-10-34-11-12-35-13-14-36-15-16-37-17-18-38-19-20-39-21-22-40-23-24-41-25-26-42-27-28-43-29-1-4-31-5-2-29/h29,31H,1-28,30H2. The van der Waals surface area contributed by atoms with E-state index in [1.807, 2.05) is 0 Å². The van der Waals surface area contributed by atoms with E-state index in [0.29, 0.717) is 165 Å². The van der Waals surface area contributed by atoms with Gasteiger partial charge >= 0.3 is 0 Å². The molecular weight excluding hydrogens is 568 g/mol. The molecule has 0 saturated carbocycles. The van der Waals surface area contributed by atoms with Crippen LogP contribution in [0.4, 0.5) is 0 Å². The monoisotopic (exact) mass is 628 g/mol. The SMILES string of the molecule is NCCOCCOCCOCCOCCOCCOCCOCCOCCOCCOCCOCCOC1CCNCC1. The molecule has 1 heterocycles. The number of piperidine rings is 1. The zero-order valence-electron chi connectivity index (χ0n) is 26.4. The average Bonchev–Trinajstić information content (AvgIpc) is 3.03. The molecule has 1 aliphatic heterocycles. The minimum atomic E-state index is 0.373. The summed E-state index contributed by atoms with van der Waals surface area (Å²) in [6.07, 6.45) is 2.53. The van der Waals surface area contributed by atoms with Crippen LogP contribution < -0.4 is 11.1 Å². The lowest BCUT2D eigenvalue weighted by Crippen LogP contribution is -2.33. The maximum absolute atomic E-state index is 5.79. The Morgan fingerprint density at radius 1 is 0.349 bits per heavy atom. The average molecular weight is 629 g/mol. The van der Waals surface area contributed by atoms with Gasteiger partial charge in [-0.3, -0.25) is 0 Å². The molecule has 0 aromatic carbocycles. The van der Waals surface area contributed by atoms with Gasteiger partial charge in [-0.25, -0.2) is 0 Å². The van der Waals surface area contributed by atoms with E-state index in [9.17, 15) is 0 Å². The van der Waals surface area contributed by atoms with Crippen molar-refractivity contribution in [3.05, 3.63) is 0 Å². The lowest BCUT2D eigenvalue weighted by molar-refractivity contribution is -0.0326. The first-order chi connectivity index (χ1) is 21.4. The normalized spacial score (nSPS) is 14.2. The molecular formula is C29H60N2O12. The number of nitrogens with two attached hydrogens (primary N) is 1. The number of nitrogens with one attached hydrogen (secondary N) is 1. The summed E-state index contributed by atoms with van der Waals surface area (Å²) in [4.78, 5) is 0. The van der Waals surface area contributed by atoms with Crippen molar-refractivity contribution >= 4 is 0 Å². The van der Waals surface area contributed by atoms with E-state index in [-0.39, 0.29) is 0 Å². The Morgan fingerprint density at radius 2 is 0.581 bits per heavy atom. The summed E-state index contributed by atoms with van der Waals surface area (Å²) in [6.45, 7) is 15.0. The van der Waals surface area contributed by atoms with Crippen LogP contribution in [0.1, 0.15) is 12.8 Å². The van der Waals surface area contributed by atoms with Crippen LogP contribution in [0.15, 0.2) is 0 Å². The summed E-state index contributed by atoms with van der Waals surface area (Å²) in [5.41, 5.74) is 5.33. The second-order valence-corrected chi connectivity index (χ2v) is 9.34. The third kappa shape index (κ3) is 32.6. The zero-order valence-corrected chi connectivity index (χ0v) is 26.4. The van der Waals surface area contributed by atoms with Crippen molar-refractivity contribution < 1.29 is 56.8 Å². The highest BCUT2D eigenvalue weighted by Gasteiger charge is 2.12. The van der Waals surface area contributed by atoms with Crippen molar-refractivity contribution in [3.8, 4) is 0 Å². The van der Waals surface area contributed by atoms with Gasteiger partial charge in [0.15, 0.2) is 0 Å². The second kappa shape index (κ2) is 35.9. The highest BCUT2D eigenvalue weighted by Crippen LogP contribution is 2.06. The van der Waals surface area contributed by atoms with Gasteiger partial charge in [-0.2, -0.15) is 0 Å². The van der Waals surface area contributed by atoms with E-state index < -0.39 is 0 Å². The molecule has 3 N–H and O–H groups in total. The van der Waals surface area contributed by atoms with Gasteiger partial charge in [-0.05, 0) is 25.9 Å². The first kappa shape index (κ1) is 40.5. The summed E-state index contributed by atoms with van der Waals surface area (Å²) in [7, 11) is 0. The van der Waals surface area contributed by atoms with Crippen LogP contribution in [0, 0.1) is 0 Å². The van der Waals surface area contributed by atoms with Crippen molar-refractivity contribution in [2.45, 2.75) is 18.9 Å². The van der Waals surface area contributed by atoms with Crippen LogP contribution in [0.5, 0.6) is 0 Å². The Kier molecular flexibility index (Phi) is 33.8. The Morgan fingerprint density at radius 3 is 0.837 bits per heavy atom. The van der Waals surface area contributed by atoms with E-state index in [1.165, 1.54) is 0 Å². The smallest absolute Gasteiger partial charge is 0.0704 e. The number of ether oxygens (including phenoxy) is 12. The highest BCUT2D eigenvalue weighted by molar-refractivity contribution is 4.67. The fraction of sp³-hybridized carbons (Fsp3) is 1.00. The van der Waals surface area contributed by atoms with Crippen LogP contribution in [0.2, 0.25) is 0 Å². The molecule has 0 aromatic rings. The van der Waals surface area contributed by atoms with Gasteiger partial charge in [0.1, 0.15) is 0 Å². The molecule has 0 aliphatic carbocycles. The van der Waals surface area contributed by atoms with Crippen molar-refractivity contribution in [2.75, 3.05) is 172 Å². The Balaban J connectivity index is 1.60. The van der Waals surface area contributed by atoms with E-state index in [4.69, 9.17) is 62.6 Å². The Labute approximate surface area is 258 Å². The molecule has 0 spiro atoms. The van der Waals surface area contributed by atoms with Crippen molar-refractivity contribution in [2.24, 2.45) is 5.73 Å². The van der Waals surface area contributed by atoms with Crippen molar-refractivity contribution in [3.63, 3.8) is 0 Å². The predicted molar refractivity (Wildman–Crippen MR) is 160 cm³/mol. The molecule has 14 heteroatoms. The molecule has 14 nitrogen and oxygen atoms in total. The van der Waals surface area contributed by atoms with Crippen LogP contribution in [0.3, 0.4) is 0 Å². The molecule has 0 radical (unpaired) electrons. The van der Waals surface area contributed by atoms with E-state index in [2.05, 4.69) is 5.32 Å². The summed E-state index contributed by atoms with van der Waals surface area (Å²) in [5.74, 6) is 0. The van der Waals surface area contributed by atoms with Crippen LogP contribution in [-0.2, 0) is 56.8 Å². The van der Waals surface area contributed by atoms with Gasteiger partial charge in [-0.15, -0.1) is 0 Å². The summed E-state index contributed by atoms with van der Waals surface area (Å²) < 4.78 is 65.6. The van der Waals surface area contributed by atoms with Crippen LogP contribution in [-0.4, -0.2) is 178 Å². The summed E-state index contributed by atoms with van der Waals surface area (Å²) in [6, 6.07) is 0. The largest absolute Gasteiger partial charge is 0.378 e. The molecule has 43 heavy (non-hydrogen) atoms. The minimum Gasteiger partial charge on any atom is -0.378 e. The van der Waals surface area contributed by atoms with E-state index >= 15 is 0 Å². The molecule has 0 aromatic heterocycles. The van der Waals surface area contributed by atoms with E-state index in [0.717, 1.165) is 25.9 Å². The summed E-state index contributed by atoms with van der Waals surface area (Å²) >= 11 is 0. The van der Waals surface area contributed by atoms with Crippen molar-refractivity contribution in [1.29, 1.82) is 0 Å². The topological polar surface area (TPSA) is 149 Å².